The SMILES string of the molecule is CCC(CC)C(=O)NCCN(CC)CC. The Kier molecular flexibility index (Phi) is 8.38. The van der Waals surface area contributed by atoms with Gasteiger partial charge < -0.3 is 10.2 Å². The molecule has 3 nitrogen and oxygen atoms in total. The third-order valence-electron chi connectivity index (χ3n) is 2.98. The minimum Gasteiger partial charge on any atom is -0.355 e. The van der Waals surface area contributed by atoms with E-state index in [1.807, 2.05) is 0 Å². The molecule has 0 saturated carbocycles. The molecular formula is C12H26N2O. The molecule has 0 aliphatic heterocycles. The van der Waals surface area contributed by atoms with Gasteiger partial charge in [0.05, 0.1) is 0 Å². The molecule has 0 aromatic rings. The van der Waals surface area contributed by atoms with Crippen molar-refractivity contribution in [2.45, 2.75) is 40.5 Å². The van der Waals surface area contributed by atoms with Crippen LogP contribution in [-0.4, -0.2) is 37.0 Å². The maximum absolute atomic E-state index is 11.6. The molecule has 0 fully saturated rings. The minimum absolute atomic E-state index is 0.196. The number of rotatable bonds is 8. The Morgan fingerprint density at radius 1 is 1.13 bits per heavy atom. The third kappa shape index (κ3) is 5.78. The smallest absolute Gasteiger partial charge is 0.223 e. The summed E-state index contributed by atoms with van der Waals surface area (Å²) in [4.78, 5) is 13.9. The van der Waals surface area contributed by atoms with Crippen molar-refractivity contribution in [2.24, 2.45) is 5.92 Å². The summed E-state index contributed by atoms with van der Waals surface area (Å²) in [7, 11) is 0. The second-order valence-corrected chi connectivity index (χ2v) is 3.83. The first-order chi connectivity index (χ1) is 7.19. The van der Waals surface area contributed by atoms with Gasteiger partial charge in [-0.25, -0.2) is 0 Å². The number of hydrogen-bond donors (Lipinski definition) is 1. The van der Waals surface area contributed by atoms with Crippen molar-refractivity contribution in [2.75, 3.05) is 26.2 Å². The van der Waals surface area contributed by atoms with Gasteiger partial charge in [-0.15, -0.1) is 0 Å². The van der Waals surface area contributed by atoms with Crippen LogP contribution in [0.4, 0.5) is 0 Å². The van der Waals surface area contributed by atoms with Crippen LogP contribution in [0.2, 0.25) is 0 Å². The van der Waals surface area contributed by atoms with E-state index in [0.717, 1.165) is 39.0 Å². The molecule has 15 heavy (non-hydrogen) atoms. The fraction of sp³-hybridized carbons (Fsp3) is 0.917. The average molecular weight is 214 g/mol. The van der Waals surface area contributed by atoms with Gasteiger partial charge in [0, 0.05) is 19.0 Å². The Bertz CT molecular complexity index is 163. The van der Waals surface area contributed by atoms with Crippen molar-refractivity contribution in [3.8, 4) is 0 Å². The zero-order valence-electron chi connectivity index (χ0n) is 10.7. The van der Waals surface area contributed by atoms with Crippen molar-refractivity contribution >= 4 is 5.91 Å². The maximum atomic E-state index is 11.6. The predicted molar refractivity (Wildman–Crippen MR) is 64.9 cm³/mol. The monoisotopic (exact) mass is 214 g/mol. The Morgan fingerprint density at radius 3 is 2.07 bits per heavy atom. The van der Waals surface area contributed by atoms with E-state index in [1.54, 1.807) is 0 Å². The van der Waals surface area contributed by atoms with E-state index in [2.05, 4.69) is 37.9 Å². The summed E-state index contributed by atoms with van der Waals surface area (Å²) in [6.45, 7) is 12.3. The largest absolute Gasteiger partial charge is 0.355 e. The Hall–Kier alpha value is -0.570. The molecule has 0 aliphatic rings. The summed E-state index contributed by atoms with van der Waals surface area (Å²) < 4.78 is 0. The lowest BCUT2D eigenvalue weighted by atomic mass is 10.0. The van der Waals surface area contributed by atoms with Gasteiger partial charge in [0.1, 0.15) is 0 Å². The van der Waals surface area contributed by atoms with Crippen LogP contribution < -0.4 is 5.32 Å². The van der Waals surface area contributed by atoms with Gasteiger partial charge in [0.2, 0.25) is 5.91 Å². The van der Waals surface area contributed by atoms with Crippen LogP contribution >= 0.6 is 0 Å². The maximum Gasteiger partial charge on any atom is 0.223 e. The van der Waals surface area contributed by atoms with Crippen molar-refractivity contribution in [3.63, 3.8) is 0 Å². The van der Waals surface area contributed by atoms with Crippen LogP contribution in [-0.2, 0) is 4.79 Å². The van der Waals surface area contributed by atoms with Crippen LogP contribution in [0, 0.1) is 5.92 Å². The minimum atomic E-state index is 0.196. The van der Waals surface area contributed by atoms with Gasteiger partial charge in [-0.3, -0.25) is 4.79 Å². The average Bonchev–Trinajstić information content (AvgIpc) is 2.26. The lowest BCUT2D eigenvalue weighted by molar-refractivity contribution is -0.125. The van der Waals surface area contributed by atoms with Crippen LogP contribution in [0.25, 0.3) is 0 Å². The molecule has 1 amide bonds. The van der Waals surface area contributed by atoms with Gasteiger partial charge in [0.15, 0.2) is 0 Å². The standard InChI is InChI=1S/C12H26N2O/c1-5-11(6-2)12(15)13-9-10-14(7-3)8-4/h11H,5-10H2,1-4H3,(H,13,15). The van der Waals surface area contributed by atoms with E-state index in [9.17, 15) is 4.79 Å². The Labute approximate surface area is 94.2 Å². The van der Waals surface area contributed by atoms with Crippen molar-refractivity contribution in [1.29, 1.82) is 0 Å². The first-order valence-corrected chi connectivity index (χ1v) is 6.19. The topological polar surface area (TPSA) is 32.3 Å². The van der Waals surface area contributed by atoms with Gasteiger partial charge in [-0.05, 0) is 25.9 Å². The number of amides is 1. The van der Waals surface area contributed by atoms with Crippen molar-refractivity contribution in [1.82, 2.24) is 10.2 Å². The van der Waals surface area contributed by atoms with E-state index < -0.39 is 0 Å². The molecule has 0 bridgehead atoms. The zero-order valence-corrected chi connectivity index (χ0v) is 10.7. The molecule has 0 spiro atoms. The third-order valence-corrected chi connectivity index (χ3v) is 2.98. The van der Waals surface area contributed by atoms with Crippen LogP contribution in [0.3, 0.4) is 0 Å². The Morgan fingerprint density at radius 2 is 1.67 bits per heavy atom. The highest BCUT2D eigenvalue weighted by molar-refractivity contribution is 5.78. The van der Waals surface area contributed by atoms with E-state index >= 15 is 0 Å². The summed E-state index contributed by atoms with van der Waals surface area (Å²) in [5.74, 6) is 0.411. The van der Waals surface area contributed by atoms with Crippen LogP contribution in [0.5, 0.6) is 0 Å². The predicted octanol–water partition coefficient (Wildman–Crippen LogP) is 1.88. The van der Waals surface area contributed by atoms with E-state index in [0.29, 0.717) is 0 Å². The first kappa shape index (κ1) is 14.4. The van der Waals surface area contributed by atoms with E-state index in [1.165, 1.54) is 0 Å². The summed E-state index contributed by atoms with van der Waals surface area (Å²) >= 11 is 0. The number of carbonyl (C=O) groups is 1. The highest BCUT2D eigenvalue weighted by atomic mass is 16.1. The highest BCUT2D eigenvalue weighted by Gasteiger charge is 2.13. The lowest BCUT2D eigenvalue weighted by Crippen LogP contribution is -2.37. The fourth-order valence-electron chi connectivity index (χ4n) is 1.68. The number of likely N-dealkylation sites (N-methyl/N-ethyl adjacent to an activating group) is 1. The van der Waals surface area contributed by atoms with Crippen LogP contribution in [0.1, 0.15) is 40.5 Å². The quantitative estimate of drug-likeness (QED) is 0.669. The molecule has 0 atom stereocenters. The van der Waals surface area contributed by atoms with Gasteiger partial charge in [0.25, 0.3) is 0 Å². The molecule has 1 N–H and O–H groups in total. The van der Waals surface area contributed by atoms with Gasteiger partial charge in [-0.2, -0.15) is 0 Å². The number of hydrogen-bond acceptors (Lipinski definition) is 2. The fourth-order valence-corrected chi connectivity index (χ4v) is 1.68. The summed E-state index contributed by atoms with van der Waals surface area (Å²) in [5.41, 5.74) is 0. The van der Waals surface area contributed by atoms with Gasteiger partial charge >= 0.3 is 0 Å². The molecule has 0 rings (SSSR count). The second kappa shape index (κ2) is 8.72. The molecular weight excluding hydrogens is 188 g/mol. The highest BCUT2D eigenvalue weighted by Crippen LogP contribution is 2.06. The summed E-state index contributed by atoms with van der Waals surface area (Å²) in [5, 5.41) is 3.00. The molecule has 0 aromatic heterocycles. The molecule has 0 unspecified atom stereocenters. The van der Waals surface area contributed by atoms with Crippen LogP contribution in [0.15, 0.2) is 0 Å². The molecule has 0 aromatic carbocycles. The molecule has 0 aliphatic carbocycles. The number of nitrogens with one attached hydrogen (secondary N) is 1. The number of carbonyl (C=O) groups excluding carboxylic acids is 1. The van der Waals surface area contributed by atoms with Crippen molar-refractivity contribution in [3.05, 3.63) is 0 Å². The molecule has 0 radical (unpaired) electrons. The van der Waals surface area contributed by atoms with E-state index in [4.69, 9.17) is 0 Å². The molecule has 3 heteroatoms. The Balaban J connectivity index is 3.70. The number of nitrogens with zero attached hydrogens (tertiary/aromatic N) is 1. The lowest BCUT2D eigenvalue weighted by Gasteiger charge is -2.19. The van der Waals surface area contributed by atoms with Crippen molar-refractivity contribution < 1.29 is 4.79 Å². The summed E-state index contributed by atoms with van der Waals surface area (Å²) in [6, 6.07) is 0. The zero-order chi connectivity index (χ0) is 11.7. The molecule has 0 heterocycles. The first-order valence-electron chi connectivity index (χ1n) is 6.19. The molecule has 90 valence electrons. The van der Waals surface area contributed by atoms with E-state index in [-0.39, 0.29) is 11.8 Å². The normalized spacial score (nSPS) is 11.1. The molecule has 0 saturated heterocycles. The van der Waals surface area contributed by atoms with Gasteiger partial charge in [-0.1, -0.05) is 27.7 Å². The summed E-state index contributed by atoms with van der Waals surface area (Å²) in [6.07, 6.45) is 1.88. The second-order valence-electron chi connectivity index (χ2n) is 3.83.